The molecule has 0 aliphatic carbocycles. The third kappa shape index (κ3) is 16.4. The number of anilines is 1. The predicted molar refractivity (Wildman–Crippen MR) is 133 cm³/mol. The minimum atomic E-state index is -3.96. The monoisotopic (exact) mass is 505 g/mol. The van der Waals surface area contributed by atoms with Crippen molar-refractivity contribution < 1.29 is 27.7 Å². The largest absolute Gasteiger partial charge is 0.481 e. The molecule has 0 aliphatic rings. The van der Waals surface area contributed by atoms with E-state index in [1.807, 2.05) is 24.3 Å². The van der Waals surface area contributed by atoms with Crippen molar-refractivity contribution in [2.75, 3.05) is 16.8 Å². The lowest BCUT2D eigenvalue weighted by atomic mass is 10.1. The van der Waals surface area contributed by atoms with Crippen molar-refractivity contribution in [1.29, 1.82) is 0 Å². The number of unbranched alkanes of at least 4 members (excludes halogenated alkanes) is 8. The molecule has 32 heavy (non-hydrogen) atoms. The second-order valence-electron chi connectivity index (χ2n) is 7.57. The number of carbonyl (C=O) groups is 2. The molecule has 0 radical (unpaired) electrons. The first-order valence-corrected chi connectivity index (χ1v) is 15.1. The van der Waals surface area contributed by atoms with Crippen LogP contribution in [-0.2, 0) is 18.7 Å². The van der Waals surface area contributed by atoms with Crippen molar-refractivity contribution in [2.45, 2.75) is 81.9 Å². The van der Waals surface area contributed by atoms with E-state index in [9.17, 15) is 18.0 Å². The zero-order valence-electron chi connectivity index (χ0n) is 18.5. The summed E-state index contributed by atoms with van der Waals surface area (Å²) < 4.78 is 30.1. The van der Waals surface area contributed by atoms with Crippen LogP contribution in [0.1, 0.15) is 77.0 Å². The van der Waals surface area contributed by atoms with E-state index in [4.69, 9.17) is 9.66 Å². The van der Waals surface area contributed by atoms with E-state index in [2.05, 4.69) is 5.32 Å². The molecule has 0 bridgehead atoms. The van der Waals surface area contributed by atoms with E-state index in [1.165, 1.54) is 0 Å². The summed E-state index contributed by atoms with van der Waals surface area (Å²) >= 11 is 1.62. The highest BCUT2D eigenvalue weighted by Crippen LogP contribution is 2.28. The maximum atomic E-state index is 12.3. The highest BCUT2D eigenvalue weighted by atomic mass is 33.1. The van der Waals surface area contributed by atoms with Gasteiger partial charge in [0, 0.05) is 23.5 Å². The van der Waals surface area contributed by atoms with E-state index in [1.54, 1.807) is 11.8 Å². The summed E-state index contributed by atoms with van der Waals surface area (Å²) in [4.78, 5) is 23.7. The lowest BCUT2D eigenvalue weighted by Gasteiger charge is -2.11. The summed E-state index contributed by atoms with van der Waals surface area (Å²) in [5.74, 6) is 0.450. The van der Waals surface area contributed by atoms with Crippen molar-refractivity contribution in [3.05, 3.63) is 24.3 Å². The number of amides is 1. The van der Waals surface area contributed by atoms with Crippen LogP contribution >= 0.6 is 22.6 Å². The molecule has 3 N–H and O–H groups in total. The quantitative estimate of drug-likeness (QED) is 0.0903. The summed E-state index contributed by atoms with van der Waals surface area (Å²) in [6.07, 6.45) is 10.2. The molecule has 0 saturated heterocycles. The van der Waals surface area contributed by atoms with Crippen LogP contribution in [0.2, 0.25) is 0 Å². The van der Waals surface area contributed by atoms with Gasteiger partial charge in [0.25, 0.3) is 0 Å². The van der Waals surface area contributed by atoms with Crippen LogP contribution in [0.3, 0.4) is 0 Å². The summed E-state index contributed by atoms with van der Waals surface area (Å²) in [6.45, 7) is 0. The molecular formula is C22H35NO6S3. The molecule has 0 unspecified atom stereocenters. The van der Waals surface area contributed by atoms with Gasteiger partial charge < -0.3 is 10.4 Å². The third-order valence-corrected chi connectivity index (χ3v) is 8.04. The van der Waals surface area contributed by atoms with Gasteiger partial charge in [-0.1, -0.05) is 50.7 Å². The molecule has 1 aromatic rings. The molecule has 182 valence electrons. The SMILES string of the molecule is O=C(O)CCCCCCCCCCC(=O)Nc1ccccc1SCCCCSS(=O)(=O)O. The summed E-state index contributed by atoms with van der Waals surface area (Å²) in [7, 11) is -3.41. The maximum absolute atomic E-state index is 12.3. The number of carbonyl (C=O) groups excluding carboxylic acids is 1. The molecule has 7 nitrogen and oxygen atoms in total. The maximum Gasteiger partial charge on any atom is 0.319 e. The smallest absolute Gasteiger partial charge is 0.319 e. The average molecular weight is 506 g/mol. The van der Waals surface area contributed by atoms with Gasteiger partial charge in [-0.05, 0) is 54.4 Å². The van der Waals surface area contributed by atoms with E-state index in [0.29, 0.717) is 29.4 Å². The molecule has 0 spiro atoms. The first-order valence-electron chi connectivity index (χ1n) is 11.1. The van der Waals surface area contributed by atoms with Crippen molar-refractivity contribution in [1.82, 2.24) is 0 Å². The zero-order chi connectivity index (χ0) is 23.7. The topological polar surface area (TPSA) is 121 Å². The first kappa shape index (κ1) is 28.8. The number of hydrogen-bond donors (Lipinski definition) is 3. The Morgan fingerprint density at radius 2 is 1.38 bits per heavy atom. The molecule has 0 atom stereocenters. The molecule has 0 fully saturated rings. The summed E-state index contributed by atoms with van der Waals surface area (Å²) in [5.41, 5.74) is 0.802. The number of rotatable bonds is 19. The molecule has 1 amide bonds. The van der Waals surface area contributed by atoms with Gasteiger partial charge in [0.2, 0.25) is 5.91 Å². The minimum Gasteiger partial charge on any atom is -0.481 e. The van der Waals surface area contributed by atoms with Gasteiger partial charge in [-0.15, -0.1) is 11.8 Å². The van der Waals surface area contributed by atoms with Crippen LogP contribution in [0.25, 0.3) is 0 Å². The second kappa shape index (κ2) is 17.3. The van der Waals surface area contributed by atoms with Crippen LogP contribution < -0.4 is 5.32 Å². The van der Waals surface area contributed by atoms with Gasteiger partial charge in [-0.3, -0.25) is 14.1 Å². The Balaban J connectivity index is 2.15. The van der Waals surface area contributed by atoms with Crippen LogP contribution in [-0.4, -0.2) is 41.5 Å². The highest BCUT2D eigenvalue weighted by Gasteiger charge is 2.08. The lowest BCUT2D eigenvalue weighted by molar-refractivity contribution is -0.137. The molecular weight excluding hydrogens is 470 g/mol. The van der Waals surface area contributed by atoms with Crippen LogP contribution in [0.15, 0.2) is 29.2 Å². The van der Waals surface area contributed by atoms with Crippen LogP contribution in [0, 0.1) is 0 Å². The van der Waals surface area contributed by atoms with Crippen LogP contribution in [0.4, 0.5) is 5.69 Å². The molecule has 1 aromatic carbocycles. The highest BCUT2D eigenvalue weighted by molar-refractivity contribution is 8.69. The summed E-state index contributed by atoms with van der Waals surface area (Å²) in [5, 5.41) is 11.6. The van der Waals surface area contributed by atoms with E-state index in [0.717, 1.165) is 74.1 Å². The number of benzene rings is 1. The fraction of sp³-hybridized carbons (Fsp3) is 0.636. The number of thioether (sulfide) groups is 1. The normalized spacial score (nSPS) is 11.4. The Morgan fingerprint density at radius 1 is 0.812 bits per heavy atom. The number of para-hydroxylation sites is 1. The average Bonchev–Trinajstić information content (AvgIpc) is 2.72. The second-order valence-corrected chi connectivity index (χ2v) is 12.2. The Morgan fingerprint density at radius 3 is 2.00 bits per heavy atom. The Bertz CT molecular complexity index is 786. The first-order chi connectivity index (χ1) is 15.3. The molecule has 0 heterocycles. The van der Waals surface area contributed by atoms with Crippen molar-refractivity contribution in [3.8, 4) is 0 Å². The lowest BCUT2D eigenvalue weighted by Crippen LogP contribution is -2.11. The Hall–Kier alpha value is -1.23. The minimum absolute atomic E-state index is 0.0104. The number of hydrogen-bond acceptors (Lipinski definition) is 6. The molecule has 0 aliphatic heterocycles. The van der Waals surface area contributed by atoms with Crippen LogP contribution in [0.5, 0.6) is 0 Å². The van der Waals surface area contributed by atoms with Gasteiger partial charge in [0.15, 0.2) is 0 Å². The van der Waals surface area contributed by atoms with Crippen molar-refractivity contribution >= 4 is 49.3 Å². The number of aliphatic carboxylic acids is 1. The third-order valence-electron chi connectivity index (χ3n) is 4.73. The van der Waals surface area contributed by atoms with Crippen molar-refractivity contribution in [2.24, 2.45) is 0 Å². The fourth-order valence-corrected chi connectivity index (χ4v) is 5.62. The van der Waals surface area contributed by atoms with E-state index in [-0.39, 0.29) is 12.3 Å². The Labute approximate surface area is 199 Å². The molecule has 0 saturated carbocycles. The summed E-state index contributed by atoms with van der Waals surface area (Å²) in [6, 6.07) is 7.66. The number of carboxylic acids is 1. The van der Waals surface area contributed by atoms with Gasteiger partial charge in [0.05, 0.1) is 5.69 Å². The van der Waals surface area contributed by atoms with Gasteiger partial charge >= 0.3 is 15.1 Å². The van der Waals surface area contributed by atoms with E-state index >= 15 is 0 Å². The number of carboxylic acid groups (broad SMARTS) is 1. The fourth-order valence-electron chi connectivity index (χ4n) is 3.08. The van der Waals surface area contributed by atoms with Crippen molar-refractivity contribution in [3.63, 3.8) is 0 Å². The predicted octanol–water partition coefficient (Wildman–Crippen LogP) is 6.02. The number of nitrogens with one attached hydrogen (secondary N) is 1. The zero-order valence-corrected chi connectivity index (χ0v) is 20.9. The Kier molecular flexibility index (Phi) is 15.5. The van der Waals surface area contributed by atoms with Gasteiger partial charge in [0.1, 0.15) is 0 Å². The molecule has 1 rings (SSSR count). The standard InChI is InChI=1S/C22H35NO6S3/c24-21(15-7-5-3-1-2-4-6-8-16-22(25)26)23-19-13-9-10-14-20(19)30-17-11-12-18-31-32(27,28)29/h9-10,13-14H,1-8,11-12,15-18H2,(H,23,24)(H,25,26)(H,27,28,29). The van der Waals surface area contributed by atoms with Gasteiger partial charge in [-0.25, -0.2) is 0 Å². The molecule has 10 heteroatoms. The molecule has 0 aromatic heterocycles. The van der Waals surface area contributed by atoms with E-state index < -0.39 is 15.1 Å². The van der Waals surface area contributed by atoms with Gasteiger partial charge in [-0.2, -0.15) is 8.42 Å².